The van der Waals surface area contributed by atoms with E-state index in [0.29, 0.717) is 38.6 Å². The van der Waals surface area contributed by atoms with Crippen molar-refractivity contribution in [3.8, 4) is 0 Å². The number of hydrogen-bond acceptors (Lipinski definition) is 4. The molecule has 5 N–H and O–H groups in total. The predicted molar refractivity (Wildman–Crippen MR) is 86.2 cm³/mol. The maximum atomic E-state index is 11.7. The van der Waals surface area contributed by atoms with Gasteiger partial charge in [-0.15, -0.1) is 0 Å². The Hall–Kier alpha value is -2.12. The second-order valence-electron chi connectivity index (χ2n) is 5.18. The first-order chi connectivity index (χ1) is 10.9. The molecule has 0 saturated heterocycles. The lowest BCUT2D eigenvalue weighted by Crippen LogP contribution is -2.45. The van der Waals surface area contributed by atoms with E-state index in [0.717, 1.165) is 0 Å². The van der Waals surface area contributed by atoms with Crippen LogP contribution in [0.5, 0.6) is 0 Å². The Morgan fingerprint density at radius 3 is 1.96 bits per heavy atom. The lowest BCUT2D eigenvalue weighted by molar-refractivity contribution is -0.127. The van der Waals surface area contributed by atoms with Gasteiger partial charge < -0.3 is 21.7 Å². The van der Waals surface area contributed by atoms with Gasteiger partial charge in [-0.1, -0.05) is 13.8 Å². The zero-order chi connectivity index (χ0) is 17.7. The average Bonchev–Trinajstić information content (AvgIpc) is 2.52. The molecule has 8 nitrogen and oxygen atoms in total. The minimum atomic E-state index is -0.730. The summed E-state index contributed by atoms with van der Waals surface area (Å²) in [6.07, 6.45) is 2.68. The smallest absolute Gasteiger partial charge is 0.239 e. The molecule has 0 saturated carbocycles. The van der Waals surface area contributed by atoms with Crippen molar-refractivity contribution in [3.63, 3.8) is 0 Å². The van der Waals surface area contributed by atoms with Crippen molar-refractivity contribution in [2.75, 3.05) is 13.1 Å². The van der Waals surface area contributed by atoms with Gasteiger partial charge in [-0.25, -0.2) is 0 Å². The Balaban J connectivity index is 3.97. The molecule has 1 atom stereocenters. The minimum Gasteiger partial charge on any atom is -0.368 e. The quantitative estimate of drug-likeness (QED) is 0.362. The van der Waals surface area contributed by atoms with Crippen molar-refractivity contribution in [2.24, 2.45) is 5.73 Å². The summed E-state index contributed by atoms with van der Waals surface area (Å²) in [6, 6.07) is -0.730. The van der Waals surface area contributed by atoms with E-state index in [2.05, 4.69) is 16.0 Å². The number of nitrogens with two attached hydrogens (primary N) is 1. The third-order valence-corrected chi connectivity index (χ3v) is 3.24. The molecule has 0 fully saturated rings. The Morgan fingerprint density at radius 2 is 1.43 bits per heavy atom. The largest absolute Gasteiger partial charge is 0.368 e. The molecule has 0 aliphatic carbocycles. The molecular formula is C15H28N4O4. The lowest BCUT2D eigenvalue weighted by Gasteiger charge is -2.15. The van der Waals surface area contributed by atoms with Crippen LogP contribution in [0, 0.1) is 0 Å². The first-order valence-corrected chi connectivity index (χ1v) is 8.02. The third-order valence-electron chi connectivity index (χ3n) is 3.24. The maximum Gasteiger partial charge on any atom is 0.239 e. The second kappa shape index (κ2) is 12.4. The third kappa shape index (κ3) is 11.1. The molecule has 0 aromatic heterocycles. The fraction of sp³-hybridized carbons (Fsp3) is 0.733. The number of rotatable bonds is 12. The highest BCUT2D eigenvalue weighted by Gasteiger charge is 2.17. The van der Waals surface area contributed by atoms with E-state index in [-0.39, 0.29) is 30.7 Å². The monoisotopic (exact) mass is 328 g/mol. The summed E-state index contributed by atoms with van der Waals surface area (Å²) in [5.74, 6) is -1.06. The molecule has 0 heterocycles. The number of hydrogen-bond donors (Lipinski definition) is 4. The minimum absolute atomic E-state index is 0.0149. The van der Waals surface area contributed by atoms with Crippen molar-refractivity contribution < 1.29 is 19.2 Å². The molecule has 8 heteroatoms. The summed E-state index contributed by atoms with van der Waals surface area (Å²) in [7, 11) is 0. The van der Waals surface area contributed by atoms with Gasteiger partial charge in [0, 0.05) is 32.4 Å². The molecule has 1 unspecified atom stereocenters. The van der Waals surface area contributed by atoms with Gasteiger partial charge in [0.15, 0.2) is 0 Å². The van der Waals surface area contributed by atoms with Crippen molar-refractivity contribution in [2.45, 2.75) is 58.4 Å². The summed E-state index contributed by atoms with van der Waals surface area (Å²) in [5, 5.41) is 7.89. The molecule has 23 heavy (non-hydrogen) atoms. The summed E-state index contributed by atoms with van der Waals surface area (Å²) in [4.78, 5) is 45.2. The Bertz CT molecular complexity index is 412. The van der Waals surface area contributed by atoms with Crippen LogP contribution >= 0.6 is 0 Å². The Morgan fingerprint density at radius 1 is 0.870 bits per heavy atom. The average molecular weight is 328 g/mol. The first kappa shape index (κ1) is 20.9. The van der Waals surface area contributed by atoms with Crippen LogP contribution in [0.15, 0.2) is 0 Å². The van der Waals surface area contributed by atoms with Crippen molar-refractivity contribution >= 4 is 23.6 Å². The molecule has 0 rings (SSSR count). The Labute approximate surface area is 136 Å². The van der Waals surface area contributed by atoms with Crippen molar-refractivity contribution in [1.82, 2.24) is 16.0 Å². The summed E-state index contributed by atoms with van der Waals surface area (Å²) < 4.78 is 0. The summed E-state index contributed by atoms with van der Waals surface area (Å²) in [6.45, 7) is 4.26. The standard InChI is InChI=1S/C15H28N4O4/c1-3-12(20)17-9-6-5-7-11(15(16)23)19-14(22)8-10-18-13(21)4-2/h11H,3-10H2,1-2H3,(H2,16,23)(H,17,20)(H,18,21)(H,19,22). The van der Waals surface area contributed by atoms with Crippen LogP contribution < -0.4 is 21.7 Å². The fourth-order valence-corrected chi connectivity index (χ4v) is 1.82. The molecule has 0 bridgehead atoms. The molecule has 0 aromatic carbocycles. The second-order valence-corrected chi connectivity index (χ2v) is 5.18. The molecular weight excluding hydrogens is 300 g/mol. The summed E-state index contributed by atoms with van der Waals surface area (Å²) in [5.41, 5.74) is 5.27. The molecule has 4 amide bonds. The first-order valence-electron chi connectivity index (χ1n) is 8.02. The molecule has 0 aliphatic heterocycles. The zero-order valence-corrected chi connectivity index (χ0v) is 13.9. The number of unbranched alkanes of at least 4 members (excludes halogenated alkanes) is 1. The molecule has 0 aliphatic rings. The topological polar surface area (TPSA) is 130 Å². The van der Waals surface area contributed by atoms with Gasteiger partial charge in [0.25, 0.3) is 0 Å². The predicted octanol–water partition coefficient (Wildman–Crippen LogP) is -0.431. The molecule has 0 aromatic rings. The summed E-state index contributed by atoms with van der Waals surface area (Å²) >= 11 is 0. The van der Waals surface area contributed by atoms with Crippen LogP contribution in [0.4, 0.5) is 0 Å². The number of nitrogens with one attached hydrogen (secondary N) is 3. The van der Waals surface area contributed by atoms with Gasteiger partial charge in [-0.05, 0) is 19.3 Å². The van der Waals surface area contributed by atoms with Crippen LogP contribution in [-0.4, -0.2) is 42.8 Å². The van der Waals surface area contributed by atoms with E-state index < -0.39 is 11.9 Å². The van der Waals surface area contributed by atoms with Crippen molar-refractivity contribution in [1.29, 1.82) is 0 Å². The highest BCUT2D eigenvalue weighted by molar-refractivity contribution is 5.86. The Kier molecular flexibility index (Phi) is 11.3. The van der Waals surface area contributed by atoms with Gasteiger partial charge in [0.2, 0.25) is 23.6 Å². The van der Waals surface area contributed by atoms with Crippen LogP contribution in [0.1, 0.15) is 52.4 Å². The van der Waals surface area contributed by atoms with E-state index in [9.17, 15) is 19.2 Å². The van der Waals surface area contributed by atoms with Crippen LogP contribution in [0.2, 0.25) is 0 Å². The van der Waals surface area contributed by atoms with Gasteiger partial charge in [-0.2, -0.15) is 0 Å². The van der Waals surface area contributed by atoms with E-state index >= 15 is 0 Å². The van der Waals surface area contributed by atoms with Crippen molar-refractivity contribution in [3.05, 3.63) is 0 Å². The van der Waals surface area contributed by atoms with Crippen LogP contribution in [0.25, 0.3) is 0 Å². The van der Waals surface area contributed by atoms with Gasteiger partial charge in [0.05, 0.1) is 0 Å². The SMILES string of the molecule is CCC(=O)NCCCCC(NC(=O)CCNC(=O)CC)C(N)=O. The van der Waals surface area contributed by atoms with Gasteiger partial charge in [-0.3, -0.25) is 19.2 Å². The normalized spacial score (nSPS) is 11.4. The lowest BCUT2D eigenvalue weighted by atomic mass is 10.1. The zero-order valence-electron chi connectivity index (χ0n) is 13.9. The maximum absolute atomic E-state index is 11.7. The van der Waals surface area contributed by atoms with Crippen LogP contribution in [0.3, 0.4) is 0 Å². The van der Waals surface area contributed by atoms with E-state index in [1.807, 2.05) is 0 Å². The highest BCUT2D eigenvalue weighted by Crippen LogP contribution is 2.01. The number of carbonyl (C=O) groups is 4. The molecule has 0 spiro atoms. The van der Waals surface area contributed by atoms with Gasteiger partial charge >= 0.3 is 0 Å². The van der Waals surface area contributed by atoms with E-state index in [1.54, 1.807) is 13.8 Å². The fourth-order valence-electron chi connectivity index (χ4n) is 1.82. The van der Waals surface area contributed by atoms with Gasteiger partial charge in [0.1, 0.15) is 6.04 Å². The van der Waals surface area contributed by atoms with E-state index in [4.69, 9.17) is 5.73 Å². The number of primary amides is 1. The van der Waals surface area contributed by atoms with Crippen LogP contribution in [-0.2, 0) is 19.2 Å². The van der Waals surface area contributed by atoms with E-state index in [1.165, 1.54) is 0 Å². The highest BCUT2D eigenvalue weighted by atomic mass is 16.2. The number of carbonyl (C=O) groups excluding carboxylic acids is 4. The molecule has 132 valence electrons. The molecule has 0 radical (unpaired) electrons. The number of amides is 4.